The van der Waals surface area contributed by atoms with Gasteiger partial charge in [-0.3, -0.25) is 4.90 Å². The Balaban J connectivity index is 1.98. The van der Waals surface area contributed by atoms with Crippen molar-refractivity contribution in [1.29, 1.82) is 0 Å². The topological polar surface area (TPSA) is 54.4 Å². The SMILES string of the molecule is CO/N=C1/CN(C)CC12CN(C(=O)OC(C)(C)C)C2. The number of rotatable bonds is 1. The first-order valence-electron chi connectivity index (χ1n) is 6.53. The van der Waals surface area contributed by atoms with Crippen molar-refractivity contribution in [2.75, 3.05) is 40.3 Å². The molecule has 6 heteroatoms. The van der Waals surface area contributed by atoms with Gasteiger partial charge in [-0.1, -0.05) is 5.16 Å². The molecule has 2 heterocycles. The van der Waals surface area contributed by atoms with Crippen LogP contribution in [0.2, 0.25) is 0 Å². The molecule has 0 N–H and O–H groups in total. The van der Waals surface area contributed by atoms with Gasteiger partial charge in [-0.2, -0.15) is 0 Å². The van der Waals surface area contributed by atoms with E-state index >= 15 is 0 Å². The summed E-state index contributed by atoms with van der Waals surface area (Å²) in [5, 5.41) is 4.11. The number of carbonyl (C=O) groups excluding carboxylic acids is 1. The summed E-state index contributed by atoms with van der Waals surface area (Å²) in [5.74, 6) is 0. The highest BCUT2D eigenvalue weighted by atomic mass is 16.6. The van der Waals surface area contributed by atoms with Crippen LogP contribution < -0.4 is 0 Å². The molecule has 2 fully saturated rings. The van der Waals surface area contributed by atoms with Crippen LogP contribution >= 0.6 is 0 Å². The zero-order chi connectivity index (χ0) is 14.3. The molecule has 0 aromatic rings. The molecule has 1 spiro atoms. The molecule has 0 aromatic heterocycles. The fraction of sp³-hybridized carbons (Fsp3) is 0.846. The zero-order valence-electron chi connectivity index (χ0n) is 12.4. The molecule has 0 aliphatic carbocycles. The van der Waals surface area contributed by atoms with E-state index in [9.17, 15) is 4.79 Å². The van der Waals surface area contributed by atoms with Crippen molar-refractivity contribution in [1.82, 2.24) is 9.80 Å². The lowest BCUT2D eigenvalue weighted by atomic mass is 9.78. The Morgan fingerprint density at radius 1 is 1.32 bits per heavy atom. The number of ether oxygens (including phenoxy) is 1. The minimum atomic E-state index is -0.449. The van der Waals surface area contributed by atoms with E-state index in [0.717, 1.165) is 18.8 Å². The first kappa shape index (κ1) is 14.1. The minimum absolute atomic E-state index is 0.0400. The summed E-state index contributed by atoms with van der Waals surface area (Å²) in [4.78, 5) is 20.8. The van der Waals surface area contributed by atoms with Crippen LogP contribution in [0.4, 0.5) is 4.79 Å². The Morgan fingerprint density at radius 2 is 1.95 bits per heavy atom. The number of likely N-dealkylation sites (tertiary alicyclic amines) is 2. The maximum Gasteiger partial charge on any atom is 0.410 e. The molecule has 0 aromatic carbocycles. The normalized spacial score (nSPS) is 24.7. The van der Waals surface area contributed by atoms with Crippen molar-refractivity contribution in [2.24, 2.45) is 10.6 Å². The maximum absolute atomic E-state index is 11.9. The molecule has 2 rings (SSSR count). The molecule has 108 valence electrons. The molecule has 0 unspecified atom stereocenters. The Labute approximate surface area is 114 Å². The third-order valence-electron chi connectivity index (χ3n) is 3.44. The lowest BCUT2D eigenvalue weighted by molar-refractivity contribution is -0.0142. The van der Waals surface area contributed by atoms with E-state index in [1.165, 1.54) is 0 Å². The number of oxime groups is 1. The molecule has 2 saturated heterocycles. The Hall–Kier alpha value is -1.30. The number of nitrogens with zero attached hydrogens (tertiary/aromatic N) is 3. The van der Waals surface area contributed by atoms with Gasteiger partial charge < -0.3 is 14.5 Å². The van der Waals surface area contributed by atoms with Crippen LogP contribution in [-0.2, 0) is 9.57 Å². The van der Waals surface area contributed by atoms with Crippen LogP contribution in [0.5, 0.6) is 0 Å². The molecule has 0 bridgehead atoms. The molecule has 6 nitrogen and oxygen atoms in total. The number of hydrogen-bond acceptors (Lipinski definition) is 5. The Bertz CT molecular complexity index is 394. The lowest BCUT2D eigenvalue weighted by Crippen LogP contribution is -2.63. The number of amides is 1. The Morgan fingerprint density at radius 3 is 2.47 bits per heavy atom. The van der Waals surface area contributed by atoms with Crippen LogP contribution in [0.15, 0.2) is 5.16 Å². The second-order valence-corrected chi connectivity index (χ2v) is 6.51. The molecule has 2 aliphatic heterocycles. The largest absolute Gasteiger partial charge is 0.444 e. The average Bonchev–Trinajstić information content (AvgIpc) is 2.50. The van der Waals surface area contributed by atoms with Gasteiger partial charge in [0.15, 0.2) is 0 Å². The lowest BCUT2D eigenvalue weighted by Gasteiger charge is -2.47. The molecular formula is C13H23N3O3. The van der Waals surface area contributed by atoms with Gasteiger partial charge in [-0.05, 0) is 27.8 Å². The Kier molecular flexibility index (Phi) is 3.47. The van der Waals surface area contributed by atoms with Gasteiger partial charge in [0, 0.05) is 26.2 Å². The smallest absolute Gasteiger partial charge is 0.410 e. The summed E-state index contributed by atoms with van der Waals surface area (Å²) < 4.78 is 5.37. The van der Waals surface area contributed by atoms with E-state index in [2.05, 4.69) is 17.1 Å². The van der Waals surface area contributed by atoms with Gasteiger partial charge in [-0.15, -0.1) is 0 Å². The molecule has 2 aliphatic rings. The molecule has 0 saturated carbocycles. The molecular weight excluding hydrogens is 246 g/mol. The fourth-order valence-corrected chi connectivity index (χ4v) is 2.75. The quantitative estimate of drug-likeness (QED) is 0.671. The second kappa shape index (κ2) is 4.67. The summed E-state index contributed by atoms with van der Waals surface area (Å²) in [5.41, 5.74) is 0.537. The summed E-state index contributed by atoms with van der Waals surface area (Å²) in [6, 6.07) is 0. The van der Waals surface area contributed by atoms with Crippen LogP contribution in [0.25, 0.3) is 0 Å². The van der Waals surface area contributed by atoms with Crippen molar-refractivity contribution in [3.63, 3.8) is 0 Å². The van der Waals surface area contributed by atoms with Crippen LogP contribution in [0, 0.1) is 5.41 Å². The fourth-order valence-electron chi connectivity index (χ4n) is 2.75. The van der Waals surface area contributed by atoms with E-state index < -0.39 is 5.60 Å². The standard InChI is InChI=1S/C13H23N3O3/c1-12(2,3)19-11(17)16-8-13(9-16)7-15(4)6-10(13)14-18-5/h6-9H2,1-5H3/b14-10-. The van der Waals surface area contributed by atoms with E-state index in [4.69, 9.17) is 9.57 Å². The third-order valence-corrected chi connectivity index (χ3v) is 3.44. The monoisotopic (exact) mass is 269 g/mol. The number of carbonyl (C=O) groups is 1. The van der Waals surface area contributed by atoms with Crippen LogP contribution in [0.1, 0.15) is 20.8 Å². The highest BCUT2D eigenvalue weighted by Crippen LogP contribution is 2.38. The van der Waals surface area contributed by atoms with Crippen molar-refractivity contribution >= 4 is 11.8 Å². The molecule has 0 atom stereocenters. The van der Waals surface area contributed by atoms with E-state index in [-0.39, 0.29) is 11.5 Å². The maximum atomic E-state index is 11.9. The molecule has 19 heavy (non-hydrogen) atoms. The van der Waals surface area contributed by atoms with E-state index in [1.807, 2.05) is 20.8 Å². The first-order chi connectivity index (χ1) is 8.76. The molecule has 0 radical (unpaired) electrons. The van der Waals surface area contributed by atoms with E-state index in [1.54, 1.807) is 12.0 Å². The number of hydrogen-bond donors (Lipinski definition) is 0. The summed E-state index contributed by atoms with van der Waals surface area (Å²) in [6.07, 6.45) is -0.246. The van der Waals surface area contributed by atoms with Gasteiger partial charge in [0.25, 0.3) is 0 Å². The van der Waals surface area contributed by atoms with Gasteiger partial charge >= 0.3 is 6.09 Å². The highest BCUT2D eigenvalue weighted by Gasteiger charge is 2.54. The van der Waals surface area contributed by atoms with Crippen molar-refractivity contribution in [3.8, 4) is 0 Å². The van der Waals surface area contributed by atoms with E-state index in [0.29, 0.717) is 13.1 Å². The first-order valence-corrected chi connectivity index (χ1v) is 6.53. The van der Waals surface area contributed by atoms with Crippen LogP contribution in [0.3, 0.4) is 0 Å². The minimum Gasteiger partial charge on any atom is -0.444 e. The zero-order valence-corrected chi connectivity index (χ0v) is 12.4. The average molecular weight is 269 g/mol. The van der Waals surface area contributed by atoms with Gasteiger partial charge in [0.1, 0.15) is 12.7 Å². The van der Waals surface area contributed by atoms with Crippen LogP contribution in [-0.4, -0.2) is 67.5 Å². The summed E-state index contributed by atoms with van der Waals surface area (Å²) >= 11 is 0. The predicted molar refractivity (Wildman–Crippen MR) is 72.2 cm³/mol. The van der Waals surface area contributed by atoms with Crippen molar-refractivity contribution < 1.29 is 14.4 Å². The second-order valence-electron chi connectivity index (χ2n) is 6.51. The third kappa shape index (κ3) is 2.83. The van der Waals surface area contributed by atoms with Gasteiger partial charge in [0.2, 0.25) is 0 Å². The van der Waals surface area contributed by atoms with Crippen molar-refractivity contribution in [2.45, 2.75) is 26.4 Å². The van der Waals surface area contributed by atoms with Gasteiger partial charge in [-0.25, -0.2) is 4.79 Å². The molecule has 1 amide bonds. The van der Waals surface area contributed by atoms with Gasteiger partial charge in [0.05, 0.1) is 11.1 Å². The van der Waals surface area contributed by atoms with Crippen molar-refractivity contribution in [3.05, 3.63) is 0 Å². The predicted octanol–water partition coefficient (Wildman–Crippen LogP) is 1.17. The highest BCUT2D eigenvalue weighted by molar-refractivity contribution is 5.96. The summed E-state index contributed by atoms with van der Waals surface area (Å²) in [7, 11) is 3.61. The summed E-state index contributed by atoms with van der Waals surface area (Å²) in [6.45, 7) is 8.66.